The van der Waals surface area contributed by atoms with E-state index in [1.165, 1.54) is 0 Å². The average molecular weight is 206 g/mol. The number of piperidine rings is 1. The van der Waals surface area contributed by atoms with E-state index in [4.69, 9.17) is 6.42 Å². The van der Waals surface area contributed by atoms with E-state index >= 15 is 0 Å². The molecule has 1 saturated heterocycles. The number of carbonyl (C=O) groups is 1. The number of terminal acetylenes is 1. The van der Waals surface area contributed by atoms with Gasteiger partial charge >= 0.3 is 0 Å². The summed E-state index contributed by atoms with van der Waals surface area (Å²) in [4.78, 5) is 13.8. The van der Waals surface area contributed by atoms with E-state index in [0.717, 1.165) is 38.8 Å². The van der Waals surface area contributed by atoms with Crippen LogP contribution in [0, 0.1) is 18.3 Å². The molecular weight excluding hydrogens is 188 g/mol. The Hall–Kier alpha value is -1.01. The van der Waals surface area contributed by atoms with Crippen molar-refractivity contribution in [1.82, 2.24) is 10.2 Å². The molecule has 0 bridgehead atoms. The molecule has 0 aromatic carbocycles. The Kier molecular flexibility index (Phi) is 3.27. The molecule has 1 saturated carbocycles. The van der Waals surface area contributed by atoms with Crippen LogP contribution in [-0.4, -0.2) is 36.5 Å². The zero-order chi connectivity index (χ0) is 10.7. The molecule has 1 aliphatic heterocycles. The SMILES string of the molecule is C#CCNC1CCN(C(=O)C2CC2)CC1. The minimum Gasteiger partial charge on any atom is -0.342 e. The van der Waals surface area contributed by atoms with E-state index < -0.39 is 0 Å². The highest BCUT2D eigenvalue weighted by Gasteiger charge is 2.34. The third kappa shape index (κ3) is 2.73. The molecule has 82 valence electrons. The predicted octanol–water partition coefficient (Wildman–Crippen LogP) is 0.610. The standard InChI is InChI=1S/C12H18N2O/c1-2-7-13-11-5-8-14(9-6-11)12(15)10-3-4-10/h1,10-11,13H,3-9H2. The summed E-state index contributed by atoms with van der Waals surface area (Å²) in [7, 11) is 0. The third-order valence-electron chi connectivity index (χ3n) is 3.23. The van der Waals surface area contributed by atoms with Crippen molar-refractivity contribution in [2.75, 3.05) is 19.6 Å². The van der Waals surface area contributed by atoms with E-state index in [0.29, 0.717) is 24.4 Å². The average Bonchev–Trinajstić information content (AvgIpc) is 3.10. The van der Waals surface area contributed by atoms with E-state index in [1.807, 2.05) is 4.90 Å². The summed E-state index contributed by atoms with van der Waals surface area (Å²) < 4.78 is 0. The van der Waals surface area contributed by atoms with Crippen molar-refractivity contribution < 1.29 is 4.79 Å². The summed E-state index contributed by atoms with van der Waals surface area (Å²) in [5.74, 6) is 3.33. The van der Waals surface area contributed by atoms with Gasteiger partial charge in [-0.25, -0.2) is 0 Å². The van der Waals surface area contributed by atoms with Crippen molar-refractivity contribution in [3.8, 4) is 12.3 Å². The molecule has 0 atom stereocenters. The van der Waals surface area contributed by atoms with Gasteiger partial charge in [0.2, 0.25) is 5.91 Å². The number of likely N-dealkylation sites (tertiary alicyclic amines) is 1. The molecule has 0 aromatic rings. The van der Waals surface area contributed by atoms with Crippen LogP contribution in [0.4, 0.5) is 0 Å². The fourth-order valence-electron chi connectivity index (χ4n) is 2.10. The summed E-state index contributed by atoms with van der Waals surface area (Å²) in [5.41, 5.74) is 0. The fraction of sp³-hybridized carbons (Fsp3) is 0.750. The number of hydrogen-bond donors (Lipinski definition) is 1. The maximum atomic E-state index is 11.8. The highest BCUT2D eigenvalue weighted by atomic mass is 16.2. The lowest BCUT2D eigenvalue weighted by atomic mass is 10.0. The molecule has 15 heavy (non-hydrogen) atoms. The summed E-state index contributed by atoms with van der Waals surface area (Å²) in [6.45, 7) is 2.44. The van der Waals surface area contributed by atoms with Crippen LogP contribution in [-0.2, 0) is 4.79 Å². The van der Waals surface area contributed by atoms with E-state index in [9.17, 15) is 4.79 Å². The van der Waals surface area contributed by atoms with Crippen LogP contribution in [0.3, 0.4) is 0 Å². The van der Waals surface area contributed by atoms with Crippen molar-refractivity contribution in [2.24, 2.45) is 5.92 Å². The van der Waals surface area contributed by atoms with Gasteiger partial charge in [-0.3, -0.25) is 4.79 Å². The zero-order valence-corrected chi connectivity index (χ0v) is 9.04. The molecular formula is C12H18N2O. The zero-order valence-electron chi connectivity index (χ0n) is 9.04. The summed E-state index contributed by atoms with van der Waals surface area (Å²) in [6.07, 6.45) is 9.49. The van der Waals surface area contributed by atoms with E-state index in [-0.39, 0.29) is 0 Å². The molecule has 0 aromatic heterocycles. The number of nitrogens with zero attached hydrogens (tertiary/aromatic N) is 1. The number of hydrogen-bond acceptors (Lipinski definition) is 2. The first kappa shape index (κ1) is 10.5. The Morgan fingerprint density at radius 1 is 1.33 bits per heavy atom. The van der Waals surface area contributed by atoms with Crippen LogP contribution in [0.2, 0.25) is 0 Å². The van der Waals surface area contributed by atoms with Gasteiger partial charge in [0.05, 0.1) is 6.54 Å². The molecule has 3 nitrogen and oxygen atoms in total. The van der Waals surface area contributed by atoms with Gasteiger partial charge in [0.15, 0.2) is 0 Å². The Morgan fingerprint density at radius 3 is 2.53 bits per heavy atom. The Balaban J connectivity index is 1.72. The summed E-state index contributed by atoms with van der Waals surface area (Å²) in [6, 6.07) is 0.504. The molecule has 2 fully saturated rings. The minimum absolute atomic E-state index is 0.361. The highest BCUT2D eigenvalue weighted by Crippen LogP contribution is 2.31. The van der Waals surface area contributed by atoms with E-state index in [1.54, 1.807) is 0 Å². The first-order valence-electron chi connectivity index (χ1n) is 5.77. The lowest BCUT2D eigenvalue weighted by Crippen LogP contribution is -2.45. The van der Waals surface area contributed by atoms with Crippen molar-refractivity contribution in [3.05, 3.63) is 0 Å². The second-order valence-electron chi connectivity index (χ2n) is 4.46. The molecule has 1 heterocycles. The van der Waals surface area contributed by atoms with Crippen LogP contribution in [0.25, 0.3) is 0 Å². The van der Waals surface area contributed by atoms with Gasteiger partial charge in [0.25, 0.3) is 0 Å². The largest absolute Gasteiger partial charge is 0.342 e. The molecule has 3 heteroatoms. The lowest BCUT2D eigenvalue weighted by molar-refractivity contribution is -0.133. The van der Waals surface area contributed by atoms with Gasteiger partial charge in [0.1, 0.15) is 0 Å². The highest BCUT2D eigenvalue weighted by molar-refractivity contribution is 5.81. The van der Waals surface area contributed by atoms with Crippen LogP contribution in [0.1, 0.15) is 25.7 Å². The lowest BCUT2D eigenvalue weighted by Gasteiger charge is -2.32. The van der Waals surface area contributed by atoms with Gasteiger partial charge in [-0.15, -0.1) is 6.42 Å². The summed E-state index contributed by atoms with van der Waals surface area (Å²) >= 11 is 0. The molecule has 0 unspecified atom stereocenters. The van der Waals surface area contributed by atoms with Gasteiger partial charge in [-0.05, 0) is 25.7 Å². The van der Waals surface area contributed by atoms with E-state index in [2.05, 4.69) is 11.2 Å². The second-order valence-corrected chi connectivity index (χ2v) is 4.46. The molecule has 2 rings (SSSR count). The smallest absolute Gasteiger partial charge is 0.225 e. The predicted molar refractivity (Wildman–Crippen MR) is 59.2 cm³/mol. The first-order valence-corrected chi connectivity index (χ1v) is 5.77. The Labute approximate surface area is 91.2 Å². The van der Waals surface area contributed by atoms with Crippen molar-refractivity contribution in [1.29, 1.82) is 0 Å². The van der Waals surface area contributed by atoms with Crippen molar-refractivity contribution >= 4 is 5.91 Å². The van der Waals surface area contributed by atoms with Gasteiger partial charge in [-0.1, -0.05) is 5.92 Å². The summed E-state index contributed by atoms with van der Waals surface area (Å²) in [5, 5.41) is 3.30. The Morgan fingerprint density at radius 2 is 2.00 bits per heavy atom. The number of rotatable bonds is 3. The Bertz CT molecular complexity index is 270. The molecule has 1 aliphatic carbocycles. The minimum atomic E-state index is 0.361. The second kappa shape index (κ2) is 4.67. The maximum absolute atomic E-state index is 11.8. The molecule has 2 aliphatic rings. The van der Waals surface area contributed by atoms with Gasteiger partial charge in [0, 0.05) is 25.0 Å². The number of amides is 1. The van der Waals surface area contributed by atoms with Crippen LogP contribution >= 0.6 is 0 Å². The molecule has 1 N–H and O–H groups in total. The monoisotopic (exact) mass is 206 g/mol. The van der Waals surface area contributed by atoms with Gasteiger partial charge < -0.3 is 10.2 Å². The van der Waals surface area contributed by atoms with Crippen molar-refractivity contribution in [3.63, 3.8) is 0 Å². The maximum Gasteiger partial charge on any atom is 0.225 e. The number of carbonyl (C=O) groups excluding carboxylic acids is 1. The third-order valence-corrected chi connectivity index (χ3v) is 3.23. The molecule has 1 amide bonds. The number of nitrogens with one attached hydrogen (secondary N) is 1. The van der Waals surface area contributed by atoms with Crippen LogP contribution in [0.15, 0.2) is 0 Å². The van der Waals surface area contributed by atoms with Crippen LogP contribution < -0.4 is 5.32 Å². The van der Waals surface area contributed by atoms with Crippen molar-refractivity contribution in [2.45, 2.75) is 31.7 Å². The topological polar surface area (TPSA) is 32.3 Å². The normalized spacial score (nSPS) is 22.5. The fourth-order valence-corrected chi connectivity index (χ4v) is 2.10. The van der Waals surface area contributed by atoms with Gasteiger partial charge in [-0.2, -0.15) is 0 Å². The molecule has 0 radical (unpaired) electrons. The van der Waals surface area contributed by atoms with Crippen LogP contribution in [0.5, 0.6) is 0 Å². The quantitative estimate of drug-likeness (QED) is 0.686. The molecule has 0 spiro atoms. The first-order chi connectivity index (χ1) is 7.31.